The number of nitrogens with one attached hydrogen (secondary N) is 1. The highest BCUT2D eigenvalue weighted by molar-refractivity contribution is 5.68. The topological polar surface area (TPSA) is 49.9 Å². The zero-order chi connectivity index (χ0) is 6.20. The van der Waals surface area contributed by atoms with Crippen LogP contribution in [0.3, 0.4) is 0 Å². The van der Waals surface area contributed by atoms with Crippen molar-refractivity contribution in [1.82, 2.24) is 0 Å². The van der Waals surface area contributed by atoms with Gasteiger partial charge in [-0.1, -0.05) is 6.92 Å². The fourth-order valence-corrected chi connectivity index (χ4v) is 1.03. The van der Waals surface area contributed by atoms with Crippen LogP contribution in [0.2, 0.25) is 0 Å². The predicted molar refractivity (Wildman–Crippen MR) is 34.1 cm³/mol. The maximum Gasteiger partial charge on any atom is 0.0213 e. The van der Waals surface area contributed by atoms with Gasteiger partial charge in [-0.3, -0.25) is 0 Å². The molecule has 0 aromatic heterocycles. The van der Waals surface area contributed by atoms with Crippen molar-refractivity contribution in [2.75, 3.05) is 0 Å². The Kier molecular flexibility index (Phi) is 1.12. The van der Waals surface area contributed by atoms with E-state index in [1.54, 1.807) is 0 Å². The normalized spacial score (nSPS) is 44.0. The van der Waals surface area contributed by atoms with E-state index < -0.39 is 0 Å². The van der Waals surface area contributed by atoms with Gasteiger partial charge in [0.25, 0.3) is 0 Å². The first kappa shape index (κ1) is 5.76. The molecule has 1 aliphatic rings. The Bertz CT molecular complexity index is 107. The minimum absolute atomic E-state index is 0.111. The van der Waals surface area contributed by atoms with Crippen LogP contribution in [-0.4, -0.2) is 12.3 Å². The molecule has 0 aromatic rings. The lowest BCUT2D eigenvalue weighted by Gasteiger charge is -2.01. The average molecular weight is 112 g/mol. The summed E-state index contributed by atoms with van der Waals surface area (Å²) in [5, 5.41) is 6.99. The third-order valence-electron chi connectivity index (χ3n) is 2.12. The Labute approximate surface area is 49.6 Å². The molecule has 1 aliphatic carbocycles. The quantitative estimate of drug-likeness (QED) is 0.509. The summed E-state index contributed by atoms with van der Waals surface area (Å²) in [5.74, 6) is 0. The molecule has 2 heteroatoms. The summed E-state index contributed by atoms with van der Waals surface area (Å²) in [6.45, 7) is 2.08. The van der Waals surface area contributed by atoms with Gasteiger partial charge in [-0.25, -0.2) is 0 Å². The predicted octanol–water partition coefficient (Wildman–Crippen LogP) is 0.763. The van der Waals surface area contributed by atoms with Gasteiger partial charge in [0.15, 0.2) is 0 Å². The third kappa shape index (κ3) is 0.564. The van der Waals surface area contributed by atoms with Crippen LogP contribution in [0.1, 0.15) is 19.8 Å². The Balaban J connectivity index is 2.51. The van der Waals surface area contributed by atoms with Crippen molar-refractivity contribution in [3.8, 4) is 0 Å². The van der Waals surface area contributed by atoms with Crippen LogP contribution in [0, 0.1) is 10.8 Å². The third-order valence-corrected chi connectivity index (χ3v) is 2.12. The molecule has 0 spiro atoms. The number of hydrogen-bond donors (Lipinski definition) is 2. The average Bonchev–Trinajstić information content (AvgIpc) is 2.43. The summed E-state index contributed by atoms with van der Waals surface area (Å²) >= 11 is 0. The first-order chi connectivity index (χ1) is 3.75. The van der Waals surface area contributed by atoms with Gasteiger partial charge in [0.1, 0.15) is 0 Å². The molecule has 8 heavy (non-hydrogen) atoms. The molecule has 0 saturated heterocycles. The first-order valence-electron chi connectivity index (χ1n) is 3.02. The molecular formula is C6H12N2. The number of nitrogens with two attached hydrogens (primary N) is 1. The Hall–Kier alpha value is -0.370. The number of hydrogen-bond acceptors (Lipinski definition) is 2. The molecular weight excluding hydrogens is 100 g/mol. The van der Waals surface area contributed by atoms with Gasteiger partial charge in [0.2, 0.25) is 0 Å². The second-order valence-corrected chi connectivity index (χ2v) is 2.54. The summed E-state index contributed by atoms with van der Waals surface area (Å²) in [4.78, 5) is 0. The molecule has 2 unspecified atom stereocenters. The van der Waals surface area contributed by atoms with E-state index in [1.807, 2.05) is 0 Å². The monoisotopic (exact) mass is 112 g/mol. The molecule has 0 aromatic carbocycles. The lowest BCUT2D eigenvalue weighted by Crippen LogP contribution is -2.13. The molecule has 0 heterocycles. The van der Waals surface area contributed by atoms with Gasteiger partial charge in [-0.2, -0.15) is 0 Å². The highest BCUT2D eigenvalue weighted by atomic mass is 14.8. The van der Waals surface area contributed by atoms with Gasteiger partial charge < -0.3 is 11.1 Å². The molecule has 0 radical (unpaired) electrons. The zero-order valence-corrected chi connectivity index (χ0v) is 5.15. The van der Waals surface area contributed by atoms with E-state index in [9.17, 15) is 0 Å². The summed E-state index contributed by atoms with van der Waals surface area (Å²) in [7, 11) is 0. The molecule has 2 nitrogen and oxygen atoms in total. The fourth-order valence-electron chi connectivity index (χ4n) is 1.03. The zero-order valence-electron chi connectivity index (χ0n) is 5.15. The highest BCUT2D eigenvalue weighted by Gasteiger charge is 2.48. The molecule has 1 saturated carbocycles. The standard InChI is InChI=1S/C6H12N2/c1-2-6(4-7)3-5(6)8/h4-5,7H,2-3,8H2,1H3. The maximum absolute atomic E-state index is 6.99. The molecule has 2 atom stereocenters. The van der Waals surface area contributed by atoms with Crippen molar-refractivity contribution in [3.63, 3.8) is 0 Å². The van der Waals surface area contributed by atoms with Gasteiger partial charge in [0.05, 0.1) is 0 Å². The molecule has 0 bridgehead atoms. The van der Waals surface area contributed by atoms with Crippen LogP contribution in [0.25, 0.3) is 0 Å². The number of rotatable bonds is 2. The van der Waals surface area contributed by atoms with Crippen LogP contribution in [0.5, 0.6) is 0 Å². The molecule has 46 valence electrons. The molecule has 0 aliphatic heterocycles. The Morgan fingerprint density at radius 2 is 2.50 bits per heavy atom. The highest BCUT2D eigenvalue weighted by Crippen LogP contribution is 2.44. The van der Waals surface area contributed by atoms with Crippen molar-refractivity contribution in [1.29, 1.82) is 5.41 Å². The van der Waals surface area contributed by atoms with Gasteiger partial charge in [0, 0.05) is 17.7 Å². The van der Waals surface area contributed by atoms with Gasteiger partial charge in [-0.05, 0) is 12.8 Å². The minimum Gasteiger partial charge on any atom is -0.327 e. The van der Waals surface area contributed by atoms with E-state index >= 15 is 0 Å². The van der Waals surface area contributed by atoms with E-state index in [-0.39, 0.29) is 11.5 Å². The fraction of sp³-hybridized carbons (Fsp3) is 0.833. The van der Waals surface area contributed by atoms with Crippen molar-refractivity contribution < 1.29 is 0 Å². The van der Waals surface area contributed by atoms with Gasteiger partial charge in [-0.15, -0.1) is 0 Å². The van der Waals surface area contributed by atoms with Crippen LogP contribution in [-0.2, 0) is 0 Å². The lowest BCUT2D eigenvalue weighted by atomic mass is 10.1. The van der Waals surface area contributed by atoms with E-state index in [2.05, 4.69) is 6.92 Å². The van der Waals surface area contributed by atoms with E-state index in [0.29, 0.717) is 0 Å². The molecule has 1 rings (SSSR count). The summed E-state index contributed by atoms with van der Waals surface area (Å²) < 4.78 is 0. The summed E-state index contributed by atoms with van der Waals surface area (Å²) in [6.07, 6.45) is 3.54. The van der Waals surface area contributed by atoms with Crippen LogP contribution in [0.15, 0.2) is 0 Å². The van der Waals surface area contributed by atoms with Crippen molar-refractivity contribution in [3.05, 3.63) is 0 Å². The first-order valence-corrected chi connectivity index (χ1v) is 3.02. The molecule has 1 fully saturated rings. The van der Waals surface area contributed by atoms with E-state index in [4.69, 9.17) is 11.1 Å². The maximum atomic E-state index is 6.99. The second kappa shape index (κ2) is 1.55. The molecule has 0 amide bonds. The van der Waals surface area contributed by atoms with Crippen molar-refractivity contribution >= 4 is 6.21 Å². The Morgan fingerprint density at radius 3 is 2.50 bits per heavy atom. The SMILES string of the molecule is CCC1(C=N)CC1N. The molecule has 3 N–H and O–H groups in total. The van der Waals surface area contributed by atoms with Crippen LogP contribution < -0.4 is 5.73 Å². The largest absolute Gasteiger partial charge is 0.327 e. The van der Waals surface area contributed by atoms with Crippen molar-refractivity contribution in [2.45, 2.75) is 25.8 Å². The summed E-state index contributed by atoms with van der Waals surface area (Å²) in [5.41, 5.74) is 5.68. The van der Waals surface area contributed by atoms with E-state index in [0.717, 1.165) is 12.8 Å². The smallest absolute Gasteiger partial charge is 0.0213 e. The minimum atomic E-state index is 0.111. The van der Waals surface area contributed by atoms with Crippen LogP contribution in [0.4, 0.5) is 0 Å². The van der Waals surface area contributed by atoms with E-state index in [1.165, 1.54) is 6.21 Å². The second-order valence-electron chi connectivity index (χ2n) is 2.54. The summed E-state index contributed by atoms with van der Waals surface area (Å²) in [6, 6.07) is 0.282. The van der Waals surface area contributed by atoms with Crippen LogP contribution >= 0.6 is 0 Å². The van der Waals surface area contributed by atoms with Gasteiger partial charge >= 0.3 is 0 Å². The Morgan fingerprint density at radius 1 is 2.00 bits per heavy atom. The van der Waals surface area contributed by atoms with Crippen molar-refractivity contribution in [2.24, 2.45) is 11.1 Å². The lowest BCUT2D eigenvalue weighted by molar-refractivity contribution is 0.649.